The summed E-state index contributed by atoms with van der Waals surface area (Å²) in [6.07, 6.45) is -1.08. The number of nitrogens with one attached hydrogen (secondary N) is 1. The summed E-state index contributed by atoms with van der Waals surface area (Å²) in [5.41, 5.74) is 4.32. The molecular weight excluding hydrogens is 273 g/mol. The highest BCUT2D eigenvalue weighted by Crippen LogP contribution is 2.24. The molecule has 0 amide bonds. The number of halogens is 3. The molecule has 1 heterocycles. The van der Waals surface area contributed by atoms with Crippen LogP contribution < -0.4 is 16.0 Å². The lowest BCUT2D eigenvalue weighted by Crippen LogP contribution is -2.29. The van der Waals surface area contributed by atoms with Crippen LogP contribution in [0.15, 0.2) is 47.3 Å². The molecule has 0 radical (unpaired) electrons. The summed E-state index contributed by atoms with van der Waals surface area (Å²) in [5.74, 6) is 5.21. The second-order valence-electron chi connectivity index (χ2n) is 4.17. The van der Waals surface area contributed by atoms with E-state index < -0.39 is 6.36 Å². The second-order valence-corrected chi connectivity index (χ2v) is 4.17. The maximum Gasteiger partial charge on any atom is 0.573 e. The van der Waals surface area contributed by atoms with Crippen LogP contribution in [0, 0.1) is 0 Å². The molecule has 0 saturated carbocycles. The molecule has 0 aliphatic rings. The Kier molecular flexibility index (Phi) is 4.31. The summed E-state index contributed by atoms with van der Waals surface area (Å²) in [7, 11) is 0. The van der Waals surface area contributed by atoms with Gasteiger partial charge in [0.05, 0.1) is 18.6 Å². The minimum absolute atomic E-state index is 0.178. The van der Waals surface area contributed by atoms with Gasteiger partial charge in [0, 0.05) is 5.56 Å². The summed E-state index contributed by atoms with van der Waals surface area (Å²) in [6.45, 7) is 0. The van der Waals surface area contributed by atoms with Crippen molar-refractivity contribution in [3.05, 3.63) is 54.0 Å². The quantitative estimate of drug-likeness (QED) is 0.655. The average molecular weight is 286 g/mol. The molecule has 1 aromatic carbocycles. The highest BCUT2D eigenvalue weighted by Gasteiger charge is 2.30. The Labute approximate surface area is 113 Å². The van der Waals surface area contributed by atoms with E-state index in [9.17, 15) is 13.2 Å². The van der Waals surface area contributed by atoms with Crippen molar-refractivity contribution < 1.29 is 22.3 Å². The number of hydrogen-bond acceptors (Lipinski definition) is 4. The summed E-state index contributed by atoms with van der Waals surface area (Å²) in [6, 6.07) is 7.25. The van der Waals surface area contributed by atoms with Crippen LogP contribution in [0.5, 0.6) is 5.75 Å². The Morgan fingerprint density at radius 3 is 2.40 bits per heavy atom. The summed E-state index contributed by atoms with van der Waals surface area (Å²) in [4.78, 5) is 0. The van der Waals surface area contributed by atoms with Crippen LogP contribution in [0.4, 0.5) is 13.2 Å². The van der Waals surface area contributed by atoms with Gasteiger partial charge in [0.25, 0.3) is 0 Å². The predicted octanol–water partition coefficient (Wildman–Crippen LogP) is 2.93. The van der Waals surface area contributed by atoms with Gasteiger partial charge < -0.3 is 9.15 Å². The van der Waals surface area contributed by atoms with Gasteiger partial charge in [-0.2, -0.15) is 0 Å². The van der Waals surface area contributed by atoms with E-state index >= 15 is 0 Å². The number of hydrazine groups is 1. The molecule has 2 aromatic rings. The summed E-state index contributed by atoms with van der Waals surface area (Å²) in [5, 5.41) is 0. The van der Waals surface area contributed by atoms with Gasteiger partial charge in [-0.3, -0.25) is 11.3 Å². The van der Waals surface area contributed by atoms with Crippen molar-refractivity contribution >= 4 is 0 Å². The molecule has 1 aromatic heterocycles. The molecule has 0 fully saturated rings. The topological polar surface area (TPSA) is 60.4 Å². The predicted molar refractivity (Wildman–Crippen MR) is 65.6 cm³/mol. The van der Waals surface area contributed by atoms with Gasteiger partial charge in [-0.25, -0.2) is 0 Å². The third kappa shape index (κ3) is 4.01. The van der Waals surface area contributed by atoms with Gasteiger partial charge in [0.1, 0.15) is 5.75 Å². The molecule has 1 unspecified atom stereocenters. The zero-order chi connectivity index (χ0) is 14.6. The summed E-state index contributed by atoms with van der Waals surface area (Å²) >= 11 is 0. The molecule has 0 saturated heterocycles. The monoisotopic (exact) mass is 286 g/mol. The minimum atomic E-state index is -4.68. The van der Waals surface area contributed by atoms with Crippen molar-refractivity contribution in [2.24, 2.45) is 5.84 Å². The number of alkyl halides is 3. The Morgan fingerprint density at radius 1 is 1.20 bits per heavy atom. The van der Waals surface area contributed by atoms with Gasteiger partial charge >= 0.3 is 6.36 Å². The third-order valence-electron chi connectivity index (χ3n) is 2.74. The SMILES string of the molecule is NNC(Cc1ccc(OC(F)(F)F)cc1)c1ccoc1. The van der Waals surface area contributed by atoms with Crippen LogP contribution in [-0.4, -0.2) is 6.36 Å². The normalized spacial score (nSPS) is 13.2. The van der Waals surface area contributed by atoms with E-state index in [0.29, 0.717) is 6.42 Å². The first-order chi connectivity index (χ1) is 9.48. The molecule has 20 heavy (non-hydrogen) atoms. The largest absolute Gasteiger partial charge is 0.573 e. The number of hydrogen-bond donors (Lipinski definition) is 2. The van der Waals surface area contributed by atoms with Gasteiger partial charge in [-0.05, 0) is 30.2 Å². The third-order valence-corrected chi connectivity index (χ3v) is 2.74. The lowest BCUT2D eigenvalue weighted by Gasteiger charge is -2.14. The molecule has 7 heteroatoms. The highest BCUT2D eigenvalue weighted by molar-refractivity contribution is 5.29. The van der Waals surface area contributed by atoms with Crippen molar-refractivity contribution in [3.63, 3.8) is 0 Å². The van der Waals surface area contributed by atoms with Gasteiger partial charge in [0.2, 0.25) is 0 Å². The Bertz CT molecular complexity index is 524. The maximum atomic E-state index is 12.0. The van der Waals surface area contributed by atoms with Crippen molar-refractivity contribution in [3.8, 4) is 5.75 Å². The number of nitrogens with two attached hydrogens (primary N) is 1. The Balaban J connectivity index is 2.03. The van der Waals surface area contributed by atoms with Crippen molar-refractivity contribution in [2.45, 2.75) is 18.8 Å². The average Bonchev–Trinajstić information content (AvgIpc) is 2.90. The number of rotatable bonds is 5. The van der Waals surface area contributed by atoms with Crippen molar-refractivity contribution in [2.75, 3.05) is 0 Å². The van der Waals surface area contributed by atoms with E-state index in [1.807, 2.05) is 0 Å². The fraction of sp³-hybridized carbons (Fsp3) is 0.231. The zero-order valence-corrected chi connectivity index (χ0v) is 10.4. The van der Waals surface area contributed by atoms with Gasteiger partial charge in [0.15, 0.2) is 0 Å². The molecule has 0 aliphatic heterocycles. The van der Waals surface area contributed by atoms with Crippen LogP contribution in [0.3, 0.4) is 0 Å². The first-order valence-corrected chi connectivity index (χ1v) is 5.81. The van der Waals surface area contributed by atoms with Crippen molar-refractivity contribution in [1.82, 2.24) is 5.43 Å². The van der Waals surface area contributed by atoms with E-state index in [-0.39, 0.29) is 11.8 Å². The molecule has 108 valence electrons. The van der Waals surface area contributed by atoms with Crippen LogP contribution >= 0.6 is 0 Å². The van der Waals surface area contributed by atoms with E-state index in [1.54, 1.807) is 24.5 Å². The molecule has 3 N–H and O–H groups in total. The van der Waals surface area contributed by atoms with Crippen LogP contribution in [-0.2, 0) is 6.42 Å². The molecule has 2 rings (SSSR count). The molecule has 4 nitrogen and oxygen atoms in total. The molecule has 1 atom stereocenters. The summed E-state index contributed by atoms with van der Waals surface area (Å²) < 4.78 is 44.9. The Hall–Kier alpha value is -1.99. The zero-order valence-electron chi connectivity index (χ0n) is 10.4. The van der Waals surface area contributed by atoms with Crippen LogP contribution in [0.2, 0.25) is 0 Å². The van der Waals surface area contributed by atoms with Gasteiger partial charge in [-0.1, -0.05) is 12.1 Å². The van der Waals surface area contributed by atoms with Crippen LogP contribution in [0.25, 0.3) is 0 Å². The molecule has 0 spiro atoms. The molecule has 0 bridgehead atoms. The van der Waals surface area contributed by atoms with Crippen LogP contribution in [0.1, 0.15) is 17.2 Å². The maximum absolute atomic E-state index is 12.0. The number of furan rings is 1. The van der Waals surface area contributed by atoms with Gasteiger partial charge in [-0.15, -0.1) is 13.2 Å². The molecule has 0 aliphatic carbocycles. The lowest BCUT2D eigenvalue weighted by molar-refractivity contribution is -0.274. The van der Waals surface area contributed by atoms with E-state index in [0.717, 1.165) is 11.1 Å². The first kappa shape index (κ1) is 14.4. The Morgan fingerprint density at radius 2 is 1.90 bits per heavy atom. The fourth-order valence-electron chi connectivity index (χ4n) is 1.81. The van der Waals surface area contributed by atoms with E-state index in [2.05, 4.69) is 10.2 Å². The second kappa shape index (κ2) is 5.98. The van der Waals surface area contributed by atoms with Crippen molar-refractivity contribution in [1.29, 1.82) is 0 Å². The smallest absolute Gasteiger partial charge is 0.472 e. The first-order valence-electron chi connectivity index (χ1n) is 5.81. The molecular formula is C13H13F3N2O2. The van der Waals surface area contributed by atoms with E-state index in [4.69, 9.17) is 10.3 Å². The number of ether oxygens (including phenoxy) is 1. The number of benzene rings is 1. The highest BCUT2D eigenvalue weighted by atomic mass is 19.4. The lowest BCUT2D eigenvalue weighted by atomic mass is 10.0. The minimum Gasteiger partial charge on any atom is -0.472 e. The fourth-order valence-corrected chi connectivity index (χ4v) is 1.81. The van der Waals surface area contributed by atoms with E-state index in [1.165, 1.54) is 18.4 Å². The standard InChI is InChI=1S/C13H13F3N2O2/c14-13(15,16)20-11-3-1-9(2-4-11)7-12(18-17)10-5-6-19-8-10/h1-6,8,12,18H,7,17H2.